The lowest BCUT2D eigenvalue weighted by Crippen LogP contribution is -2.41. The van der Waals surface area contributed by atoms with Gasteiger partial charge in [0.2, 0.25) is 5.69 Å². The van der Waals surface area contributed by atoms with Crippen molar-refractivity contribution in [1.82, 2.24) is 0 Å². The third-order valence-electron chi connectivity index (χ3n) is 2.21. The van der Waals surface area contributed by atoms with Gasteiger partial charge in [0.05, 0.1) is 0 Å². The molecule has 3 nitrogen and oxygen atoms in total. The number of benzene rings is 1. The van der Waals surface area contributed by atoms with Crippen molar-refractivity contribution in [2.75, 3.05) is 0 Å². The van der Waals surface area contributed by atoms with Gasteiger partial charge >= 0.3 is 0 Å². The summed E-state index contributed by atoms with van der Waals surface area (Å²) in [5.74, 6) is -1.15. The van der Waals surface area contributed by atoms with E-state index in [1.165, 1.54) is 0 Å². The first-order valence-electron chi connectivity index (χ1n) is 4.28. The molecule has 0 N–H and O–H groups in total. The Morgan fingerprint density at radius 1 is 1.29 bits per heavy atom. The van der Waals surface area contributed by atoms with E-state index < -0.39 is 5.97 Å². The Labute approximate surface area is 81.2 Å². The number of carbonyl (C=O) groups excluding carboxylic acids is 1. The van der Waals surface area contributed by atoms with E-state index >= 15 is 0 Å². The fourth-order valence-corrected chi connectivity index (χ4v) is 1.49. The first-order valence-corrected chi connectivity index (χ1v) is 4.28. The van der Waals surface area contributed by atoms with Gasteiger partial charge in [0.25, 0.3) is 0 Å². The number of pyridine rings is 1. The molecule has 0 aliphatic carbocycles. The molecule has 70 valence electrons. The number of carbonyl (C=O) groups is 1. The number of nitrogens with zero attached hydrogens (tertiary/aromatic N) is 1. The molecule has 1 aromatic carbocycles. The SMILES string of the molecule is C[n+]1cc2ccccc2cc1C(=O)[O-]. The van der Waals surface area contributed by atoms with Gasteiger partial charge in [0.15, 0.2) is 6.20 Å². The molecule has 0 aliphatic rings. The van der Waals surface area contributed by atoms with E-state index in [0.717, 1.165) is 10.8 Å². The third-order valence-corrected chi connectivity index (χ3v) is 2.21. The van der Waals surface area contributed by atoms with E-state index in [4.69, 9.17) is 0 Å². The molecule has 0 radical (unpaired) electrons. The highest BCUT2D eigenvalue weighted by Crippen LogP contribution is 2.11. The molecule has 14 heavy (non-hydrogen) atoms. The zero-order valence-corrected chi connectivity index (χ0v) is 7.73. The van der Waals surface area contributed by atoms with E-state index in [2.05, 4.69) is 0 Å². The summed E-state index contributed by atoms with van der Waals surface area (Å²) in [6.45, 7) is 0. The summed E-state index contributed by atoms with van der Waals surface area (Å²) in [6, 6.07) is 9.23. The minimum atomic E-state index is -1.15. The van der Waals surface area contributed by atoms with Crippen molar-refractivity contribution in [3.8, 4) is 0 Å². The Morgan fingerprint density at radius 3 is 2.57 bits per heavy atom. The third kappa shape index (κ3) is 1.33. The lowest BCUT2D eigenvalue weighted by Gasteiger charge is -2.02. The van der Waals surface area contributed by atoms with Crippen molar-refractivity contribution in [2.45, 2.75) is 0 Å². The van der Waals surface area contributed by atoms with Crippen molar-refractivity contribution in [3.05, 3.63) is 42.2 Å². The van der Waals surface area contributed by atoms with Crippen LogP contribution in [0.5, 0.6) is 0 Å². The zero-order chi connectivity index (χ0) is 10.1. The summed E-state index contributed by atoms with van der Waals surface area (Å²) in [5.41, 5.74) is 0.184. The second kappa shape index (κ2) is 3.10. The maximum absolute atomic E-state index is 10.7. The number of carboxylic acid groups (broad SMARTS) is 1. The van der Waals surface area contributed by atoms with E-state index in [-0.39, 0.29) is 5.69 Å². The van der Waals surface area contributed by atoms with Gasteiger partial charge in [-0.15, -0.1) is 0 Å². The van der Waals surface area contributed by atoms with E-state index in [1.807, 2.05) is 24.3 Å². The molecule has 0 aliphatic heterocycles. The van der Waals surface area contributed by atoms with Crippen molar-refractivity contribution < 1.29 is 14.5 Å². The highest BCUT2D eigenvalue weighted by molar-refractivity contribution is 5.89. The van der Waals surface area contributed by atoms with Crippen LogP contribution in [-0.2, 0) is 7.05 Å². The highest BCUT2D eigenvalue weighted by Gasteiger charge is 2.08. The van der Waals surface area contributed by atoms with Crippen LogP contribution in [0, 0.1) is 0 Å². The number of aromatic carboxylic acids is 1. The fourth-order valence-electron chi connectivity index (χ4n) is 1.49. The second-order valence-corrected chi connectivity index (χ2v) is 3.19. The van der Waals surface area contributed by atoms with E-state index in [1.54, 1.807) is 23.9 Å². The predicted octanol–water partition coefficient (Wildman–Crippen LogP) is 0.0278. The zero-order valence-electron chi connectivity index (χ0n) is 7.73. The van der Waals surface area contributed by atoms with Gasteiger partial charge < -0.3 is 9.90 Å². The van der Waals surface area contributed by atoms with E-state index in [0.29, 0.717) is 0 Å². The number of carboxylic acids is 1. The van der Waals surface area contributed by atoms with Crippen molar-refractivity contribution in [1.29, 1.82) is 0 Å². The number of fused-ring (bicyclic) bond motifs is 1. The Kier molecular flexibility index (Phi) is 1.93. The fraction of sp³-hybridized carbons (Fsp3) is 0.0909. The minimum absolute atomic E-state index is 0.184. The van der Waals surface area contributed by atoms with Crippen molar-refractivity contribution in [2.24, 2.45) is 7.05 Å². The second-order valence-electron chi connectivity index (χ2n) is 3.19. The number of aryl methyl sites for hydroxylation is 1. The first kappa shape index (κ1) is 8.69. The average Bonchev–Trinajstić information content (AvgIpc) is 2.16. The quantitative estimate of drug-likeness (QED) is 0.591. The molecule has 0 spiro atoms. The van der Waals surface area contributed by atoms with Crippen molar-refractivity contribution >= 4 is 16.7 Å². The monoisotopic (exact) mass is 187 g/mol. The summed E-state index contributed by atoms with van der Waals surface area (Å²) in [6.07, 6.45) is 1.78. The van der Waals surface area contributed by atoms with Crippen LogP contribution < -0.4 is 9.67 Å². The van der Waals surface area contributed by atoms with Crippen LogP contribution in [0.2, 0.25) is 0 Å². The number of rotatable bonds is 1. The normalized spacial score (nSPS) is 10.4. The molecular weight excluding hydrogens is 178 g/mol. The Hall–Kier alpha value is -1.90. The molecule has 1 heterocycles. The maximum atomic E-state index is 10.7. The molecule has 2 rings (SSSR count). The van der Waals surface area contributed by atoms with Crippen LogP contribution >= 0.6 is 0 Å². The summed E-state index contributed by atoms with van der Waals surface area (Å²) in [4.78, 5) is 10.7. The Balaban J connectivity index is 2.77. The lowest BCUT2D eigenvalue weighted by atomic mass is 10.1. The van der Waals surface area contributed by atoms with Gasteiger partial charge in [-0.3, -0.25) is 0 Å². The van der Waals surface area contributed by atoms with Crippen LogP contribution in [0.4, 0.5) is 0 Å². The molecule has 0 unspecified atom stereocenters. The highest BCUT2D eigenvalue weighted by atomic mass is 16.4. The summed E-state index contributed by atoms with van der Waals surface area (Å²) < 4.78 is 1.55. The molecule has 2 aromatic rings. The minimum Gasteiger partial charge on any atom is -0.539 e. The molecular formula is C11H9NO2. The van der Waals surface area contributed by atoms with Crippen LogP contribution in [0.25, 0.3) is 10.8 Å². The van der Waals surface area contributed by atoms with Crippen LogP contribution in [-0.4, -0.2) is 5.97 Å². The number of hydrogen-bond donors (Lipinski definition) is 0. The van der Waals surface area contributed by atoms with Gasteiger partial charge in [-0.2, -0.15) is 4.57 Å². The van der Waals surface area contributed by atoms with Gasteiger partial charge in [0.1, 0.15) is 13.0 Å². The van der Waals surface area contributed by atoms with Gasteiger partial charge in [-0.1, -0.05) is 18.2 Å². The van der Waals surface area contributed by atoms with Crippen LogP contribution in [0.1, 0.15) is 10.5 Å². The molecule has 3 heteroatoms. The first-order chi connectivity index (χ1) is 6.68. The molecule has 0 fully saturated rings. The standard InChI is InChI=1S/C11H9NO2/c1-12-7-9-5-3-2-4-8(9)6-10(12)11(13)14/h2-7H,1H3. The summed E-state index contributed by atoms with van der Waals surface area (Å²) in [7, 11) is 1.69. The van der Waals surface area contributed by atoms with Gasteiger partial charge in [-0.25, -0.2) is 0 Å². The molecule has 0 amide bonds. The Bertz CT molecular complexity index is 506. The predicted molar refractivity (Wildman–Crippen MR) is 49.5 cm³/mol. The average molecular weight is 187 g/mol. The van der Waals surface area contributed by atoms with Crippen LogP contribution in [0.3, 0.4) is 0 Å². The summed E-state index contributed by atoms with van der Waals surface area (Å²) >= 11 is 0. The van der Waals surface area contributed by atoms with Crippen molar-refractivity contribution in [3.63, 3.8) is 0 Å². The Morgan fingerprint density at radius 2 is 1.93 bits per heavy atom. The van der Waals surface area contributed by atoms with Crippen LogP contribution in [0.15, 0.2) is 36.5 Å². The molecule has 0 saturated carbocycles. The number of hydrogen-bond acceptors (Lipinski definition) is 2. The molecule has 0 saturated heterocycles. The topological polar surface area (TPSA) is 44.0 Å². The molecule has 0 bridgehead atoms. The lowest BCUT2D eigenvalue weighted by molar-refractivity contribution is -0.674. The van der Waals surface area contributed by atoms with Gasteiger partial charge in [0, 0.05) is 11.5 Å². The number of aromatic nitrogens is 1. The summed E-state index contributed by atoms with van der Waals surface area (Å²) in [5, 5.41) is 12.7. The molecule has 1 aromatic heterocycles. The largest absolute Gasteiger partial charge is 0.539 e. The van der Waals surface area contributed by atoms with E-state index in [9.17, 15) is 9.90 Å². The van der Waals surface area contributed by atoms with Gasteiger partial charge in [-0.05, 0) is 11.5 Å². The molecule has 0 atom stereocenters. The maximum Gasteiger partial charge on any atom is 0.228 e. The smallest absolute Gasteiger partial charge is 0.228 e.